The number of pyridine rings is 2. The molecule has 3 heterocycles. The molecule has 0 amide bonds. The fourth-order valence-electron chi connectivity index (χ4n) is 2.89. The first-order valence-electron chi connectivity index (χ1n) is 9.80. The molecule has 0 unspecified atom stereocenters. The molecule has 2 aromatic heterocycles. The zero-order chi connectivity index (χ0) is 19.4. The van der Waals surface area contributed by atoms with Crippen molar-refractivity contribution in [3.63, 3.8) is 0 Å². The number of nitrogens with zero attached hydrogens (tertiary/aromatic N) is 3. The SMILES string of the molecule is CNc1cccc(CCNc2cccc(NCCC3=C/CC/C=C/C=N\3)n2)n1. The van der Waals surface area contributed by atoms with Gasteiger partial charge in [-0.1, -0.05) is 24.3 Å². The number of nitrogens with one attached hydrogen (secondary N) is 3. The summed E-state index contributed by atoms with van der Waals surface area (Å²) < 4.78 is 0. The van der Waals surface area contributed by atoms with Crippen LogP contribution in [0, 0.1) is 0 Å². The Morgan fingerprint density at radius 1 is 0.857 bits per heavy atom. The molecule has 0 spiro atoms. The van der Waals surface area contributed by atoms with Crippen molar-refractivity contribution < 1.29 is 0 Å². The monoisotopic (exact) mass is 376 g/mol. The number of anilines is 3. The van der Waals surface area contributed by atoms with Gasteiger partial charge < -0.3 is 16.0 Å². The third-order valence-electron chi connectivity index (χ3n) is 4.36. The zero-order valence-electron chi connectivity index (χ0n) is 16.4. The highest BCUT2D eigenvalue weighted by molar-refractivity contribution is 5.72. The van der Waals surface area contributed by atoms with E-state index in [9.17, 15) is 0 Å². The summed E-state index contributed by atoms with van der Waals surface area (Å²) in [6.07, 6.45) is 12.1. The molecule has 146 valence electrons. The van der Waals surface area contributed by atoms with Crippen molar-refractivity contribution in [2.75, 3.05) is 36.1 Å². The zero-order valence-corrected chi connectivity index (χ0v) is 16.4. The fraction of sp³-hybridized carbons (Fsp3) is 0.318. The topological polar surface area (TPSA) is 74.2 Å². The maximum atomic E-state index is 4.63. The van der Waals surface area contributed by atoms with E-state index >= 15 is 0 Å². The summed E-state index contributed by atoms with van der Waals surface area (Å²) in [6, 6.07) is 12.0. The van der Waals surface area contributed by atoms with Crippen molar-refractivity contribution >= 4 is 23.7 Å². The largest absolute Gasteiger partial charge is 0.373 e. The first-order valence-corrected chi connectivity index (χ1v) is 9.80. The lowest BCUT2D eigenvalue weighted by Crippen LogP contribution is -2.09. The molecule has 0 saturated heterocycles. The molecule has 0 aromatic carbocycles. The normalized spacial score (nSPS) is 17.5. The lowest BCUT2D eigenvalue weighted by molar-refractivity contribution is 0.932. The summed E-state index contributed by atoms with van der Waals surface area (Å²) in [6.45, 7) is 1.59. The number of hydrogen-bond acceptors (Lipinski definition) is 6. The minimum atomic E-state index is 0.783. The average Bonchev–Trinajstić information content (AvgIpc) is 2.70. The van der Waals surface area contributed by atoms with Crippen molar-refractivity contribution in [3.8, 4) is 0 Å². The van der Waals surface area contributed by atoms with Crippen molar-refractivity contribution in [3.05, 3.63) is 66.0 Å². The first-order chi connectivity index (χ1) is 13.8. The minimum absolute atomic E-state index is 0.783. The lowest BCUT2D eigenvalue weighted by Gasteiger charge is -2.10. The molecule has 0 bridgehead atoms. The predicted molar refractivity (Wildman–Crippen MR) is 118 cm³/mol. The summed E-state index contributed by atoms with van der Waals surface area (Å²) >= 11 is 0. The van der Waals surface area contributed by atoms with E-state index in [0.29, 0.717) is 0 Å². The van der Waals surface area contributed by atoms with Crippen LogP contribution in [0.5, 0.6) is 0 Å². The van der Waals surface area contributed by atoms with Crippen molar-refractivity contribution in [1.82, 2.24) is 9.97 Å². The molecule has 0 atom stereocenters. The van der Waals surface area contributed by atoms with Crippen LogP contribution >= 0.6 is 0 Å². The van der Waals surface area contributed by atoms with Gasteiger partial charge in [0, 0.05) is 50.6 Å². The third-order valence-corrected chi connectivity index (χ3v) is 4.36. The maximum Gasteiger partial charge on any atom is 0.128 e. The minimum Gasteiger partial charge on any atom is -0.373 e. The van der Waals surface area contributed by atoms with Gasteiger partial charge in [0.15, 0.2) is 0 Å². The second-order valence-corrected chi connectivity index (χ2v) is 6.50. The van der Waals surface area contributed by atoms with Gasteiger partial charge in [0.2, 0.25) is 0 Å². The van der Waals surface area contributed by atoms with Gasteiger partial charge in [0.1, 0.15) is 17.5 Å². The molecule has 0 aliphatic carbocycles. The number of allylic oxidation sites excluding steroid dienone is 3. The molecular formula is C22H28N6. The van der Waals surface area contributed by atoms with Crippen molar-refractivity contribution in [2.24, 2.45) is 4.99 Å². The van der Waals surface area contributed by atoms with E-state index in [2.05, 4.69) is 43.1 Å². The molecule has 1 aliphatic heterocycles. The average molecular weight is 377 g/mol. The Bertz CT molecular complexity index is 840. The van der Waals surface area contributed by atoms with E-state index < -0.39 is 0 Å². The van der Waals surface area contributed by atoms with Gasteiger partial charge in [0.05, 0.1) is 0 Å². The van der Waals surface area contributed by atoms with Crippen LogP contribution in [0.1, 0.15) is 25.0 Å². The van der Waals surface area contributed by atoms with E-state index in [1.807, 2.05) is 55.7 Å². The van der Waals surface area contributed by atoms with Crippen LogP contribution < -0.4 is 16.0 Å². The Kier molecular flexibility index (Phi) is 7.61. The van der Waals surface area contributed by atoms with Gasteiger partial charge in [0.25, 0.3) is 0 Å². The Morgan fingerprint density at radius 3 is 2.43 bits per heavy atom. The summed E-state index contributed by atoms with van der Waals surface area (Å²) in [7, 11) is 1.88. The van der Waals surface area contributed by atoms with Gasteiger partial charge >= 0.3 is 0 Å². The van der Waals surface area contributed by atoms with Gasteiger partial charge in [-0.05, 0) is 43.2 Å². The highest BCUT2D eigenvalue weighted by Crippen LogP contribution is 2.12. The second kappa shape index (κ2) is 10.9. The van der Waals surface area contributed by atoms with Crippen LogP contribution in [0.3, 0.4) is 0 Å². The number of aromatic nitrogens is 2. The molecule has 0 radical (unpaired) electrons. The molecule has 28 heavy (non-hydrogen) atoms. The molecule has 2 aromatic rings. The lowest BCUT2D eigenvalue weighted by atomic mass is 10.2. The molecule has 0 saturated carbocycles. The highest BCUT2D eigenvalue weighted by Gasteiger charge is 2.01. The third kappa shape index (κ3) is 6.54. The second-order valence-electron chi connectivity index (χ2n) is 6.50. The van der Waals surface area contributed by atoms with Crippen LogP contribution in [0.2, 0.25) is 0 Å². The molecule has 3 N–H and O–H groups in total. The van der Waals surface area contributed by atoms with Crippen LogP contribution in [0.4, 0.5) is 17.5 Å². The van der Waals surface area contributed by atoms with Gasteiger partial charge in [-0.2, -0.15) is 0 Å². The number of hydrogen-bond donors (Lipinski definition) is 3. The van der Waals surface area contributed by atoms with Crippen LogP contribution in [0.15, 0.2) is 65.3 Å². The number of aliphatic imine (C=N–C) groups is 1. The van der Waals surface area contributed by atoms with E-state index in [0.717, 1.165) is 67.6 Å². The van der Waals surface area contributed by atoms with Crippen LogP contribution in [-0.2, 0) is 6.42 Å². The van der Waals surface area contributed by atoms with Crippen LogP contribution in [0.25, 0.3) is 0 Å². The highest BCUT2D eigenvalue weighted by atomic mass is 15.1. The van der Waals surface area contributed by atoms with E-state index in [1.165, 1.54) is 0 Å². The Labute approximate surface area is 166 Å². The smallest absolute Gasteiger partial charge is 0.128 e. The quantitative estimate of drug-likeness (QED) is 0.609. The van der Waals surface area contributed by atoms with E-state index in [4.69, 9.17) is 0 Å². The maximum absolute atomic E-state index is 4.63. The Morgan fingerprint density at radius 2 is 1.61 bits per heavy atom. The Balaban J connectivity index is 1.45. The molecule has 0 fully saturated rings. The Hall–Kier alpha value is -3.15. The molecule has 3 rings (SSSR count). The summed E-state index contributed by atoms with van der Waals surface area (Å²) in [5.74, 6) is 2.63. The van der Waals surface area contributed by atoms with E-state index in [1.54, 1.807) is 0 Å². The standard InChI is InChI=1S/C22H28N6/c1-23-20-10-6-9-19(27-20)14-17-26-22-12-7-11-21(28-22)25-16-13-18-8-4-2-3-5-15-24-18/h3,5-12,15H,2,4,13-14,16-17H2,1H3,(H,23,27)(H2,25,26,28)/b5-3+,18-8-,24-15-. The summed E-state index contributed by atoms with van der Waals surface area (Å²) in [5, 5.41) is 9.82. The molecular weight excluding hydrogens is 348 g/mol. The molecule has 6 heteroatoms. The number of rotatable bonds is 9. The van der Waals surface area contributed by atoms with E-state index in [-0.39, 0.29) is 0 Å². The van der Waals surface area contributed by atoms with Gasteiger partial charge in [-0.3, -0.25) is 4.99 Å². The molecule has 1 aliphatic rings. The molecule has 6 nitrogen and oxygen atoms in total. The van der Waals surface area contributed by atoms with Crippen molar-refractivity contribution in [2.45, 2.75) is 25.7 Å². The first kappa shape index (κ1) is 19.6. The van der Waals surface area contributed by atoms with Gasteiger partial charge in [-0.25, -0.2) is 9.97 Å². The summed E-state index contributed by atoms with van der Waals surface area (Å²) in [5.41, 5.74) is 2.18. The van der Waals surface area contributed by atoms with Crippen molar-refractivity contribution in [1.29, 1.82) is 0 Å². The fourth-order valence-corrected chi connectivity index (χ4v) is 2.89. The predicted octanol–water partition coefficient (Wildman–Crippen LogP) is 4.28. The van der Waals surface area contributed by atoms with Gasteiger partial charge in [-0.15, -0.1) is 0 Å². The van der Waals surface area contributed by atoms with Crippen LogP contribution in [-0.4, -0.2) is 36.3 Å². The summed E-state index contributed by atoms with van der Waals surface area (Å²) in [4.78, 5) is 13.6.